The molecule has 2 unspecified atom stereocenters. The van der Waals surface area contributed by atoms with Crippen molar-refractivity contribution in [3.05, 3.63) is 58.7 Å². The molecule has 1 fully saturated rings. The van der Waals surface area contributed by atoms with Crippen molar-refractivity contribution in [3.63, 3.8) is 0 Å². The first-order chi connectivity index (χ1) is 18.4. The first-order valence-electron chi connectivity index (χ1n) is 12.8. The number of phosphoric ester groups is 1. The molecule has 39 heavy (non-hydrogen) atoms. The molecule has 1 saturated heterocycles. The first kappa shape index (κ1) is 27.2. The minimum atomic E-state index is -4.58. The Morgan fingerprint density at radius 3 is 2.46 bits per heavy atom. The molecule has 0 aliphatic carbocycles. The van der Waals surface area contributed by atoms with E-state index < -0.39 is 25.1 Å². The van der Waals surface area contributed by atoms with E-state index in [9.17, 15) is 24.8 Å². The van der Waals surface area contributed by atoms with Crippen molar-refractivity contribution in [2.75, 3.05) is 13.2 Å². The molecule has 2 aromatic rings. The van der Waals surface area contributed by atoms with Crippen LogP contribution in [0.15, 0.2) is 36.4 Å². The lowest BCUT2D eigenvalue weighted by Crippen LogP contribution is -2.48. The van der Waals surface area contributed by atoms with Gasteiger partial charge in [0.25, 0.3) is 0 Å². The number of likely N-dealkylation sites (tertiary alicyclic amines) is 1. The van der Waals surface area contributed by atoms with Crippen LogP contribution >= 0.6 is 7.82 Å². The van der Waals surface area contributed by atoms with Gasteiger partial charge in [-0.1, -0.05) is 0 Å². The van der Waals surface area contributed by atoms with Gasteiger partial charge in [-0.05, 0) is 69.2 Å². The van der Waals surface area contributed by atoms with Gasteiger partial charge in [0.2, 0.25) is 5.91 Å². The predicted octanol–water partition coefficient (Wildman–Crippen LogP) is 4.55. The molecular formula is C28H30N3O7P. The minimum absolute atomic E-state index is 0.0222. The Morgan fingerprint density at radius 1 is 1.10 bits per heavy atom. The first-order valence-corrected chi connectivity index (χ1v) is 14.3. The van der Waals surface area contributed by atoms with Crippen LogP contribution in [0.2, 0.25) is 0 Å². The number of ether oxygens (including phenoxy) is 2. The molecule has 3 heterocycles. The summed E-state index contributed by atoms with van der Waals surface area (Å²) < 4.78 is 36.5. The molecule has 10 nitrogen and oxygen atoms in total. The standard InChI is InChI=1S/C28H30N3O7P/c1-27(2)25(13-20-11-18(15-29)6-8-23(20)36-27)38-39(33,34)35-17-28(3)14-22(31-10-4-5-26(31)32)21-12-19(16-30)7-9-24(21)37-28/h6-9,11-12,22,25H,4-5,10,13-14,17H2,1-3H3,(H,33,34)/t22-,25+,28?/m0/s1. The van der Waals surface area contributed by atoms with E-state index in [0.717, 1.165) is 12.0 Å². The summed E-state index contributed by atoms with van der Waals surface area (Å²) in [6.07, 6.45) is 0.940. The Balaban J connectivity index is 1.33. The van der Waals surface area contributed by atoms with Gasteiger partial charge in [-0.2, -0.15) is 10.5 Å². The zero-order valence-electron chi connectivity index (χ0n) is 22.0. The van der Waals surface area contributed by atoms with E-state index in [2.05, 4.69) is 12.1 Å². The van der Waals surface area contributed by atoms with Gasteiger partial charge in [-0.15, -0.1) is 0 Å². The van der Waals surface area contributed by atoms with Crippen molar-refractivity contribution in [1.82, 2.24) is 4.90 Å². The van der Waals surface area contributed by atoms with Gasteiger partial charge in [0.1, 0.15) is 28.8 Å². The van der Waals surface area contributed by atoms with Crippen LogP contribution in [0.3, 0.4) is 0 Å². The zero-order valence-corrected chi connectivity index (χ0v) is 22.9. The van der Waals surface area contributed by atoms with E-state index in [4.69, 9.17) is 18.5 Å². The topological polar surface area (TPSA) is 142 Å². The van der Waals surface area contributed by atoms with Gasteiger partial charge in [-0.25, -0.2) is 4.57 Å². The largest absolute Gasteiger partial charge is 0.485 e. The molecule has 0 bridgehead atoms. The van der Waals surface area contributed by atoms with Crippen molar-refractivity contribution in [1.29, 1.82) is 10.5 Å². The summed E-state index contributed by atoms with van der Waals surface area (Å²) >= 11 is 0. The Hall–Kier alpha value is -3.40. The number of carbonyl (C=O) groups is 1. The highest BCUT2D eigenvalue weighted by atomic mass is 31.2. The summed E-state index contributed by atoms with van der Waals surface area (Å²) in [5.41, 5.74) is 0.364. The zero-order chi connectivity index (χ0) is 28.0. The average Bonchev–Trinajstić information content (AvgIpc) is 3.32. The van der Waals surface area contributed by atoms with Crippen LogP contribution in [-0.2, 0) is 24.8 Å². The lowest BCUT2D eigenvalue weighted by Gasteiger charge is -2.43. The number of nitriles is 2. The van der Waals surface area contributed by atoms with Crippen LogP contribution in [0.1, 0.15) is 68.3 Å². The summed E-state index contributed by atoms with van der Waals surface area (Å²) in [7, 11) is -4.58. The smallest absolute Gasteiger partial charge is 0.472 e. The number of fused-ring (bicyclic) bond motifs is 2. The van der Waals surface area contributed by atoms with Crippen molar-refractivity contribution in [2.24, 2.45) is 0 Å². The van der Waals surface area contributed by atoms with E-state index in [1.165, 1.54) is 0 Å². The fourth-order valence-corrected chi connectivity index (χ4v) is 6.59. The van der Waals surface area contributed by atoms with E-state index in [-0.39, 0.29) is 25.0 Å². The maximum absolute atomic E-state index is 13.2. The molecule has 3 aliphatic heterocycles. The number of phosphoric acid groups is 1. The van der Waals surface area contributed by atoms with Crippen molar-refractivity contribution in [3.8, 4) is 23.6 Å². The number of benzene rings is 2. The van der Waals surface area contributed by atoms with Gasteiger partial charge in [0.15, 0.2) is 0 Å². The normalized spacial score (nSPS) is 26.7. The maximum Gasteiger partial charge on any atom is 0.472 e. The molecule has 1 N–H and O–H groups in total. The third-order valence-electron chi connectivity index (χ3n) is 7.50. The fraction of sp³-hybridized carbons (Fsp3) is 0.464. The Kier molecular flexibility index (Phi) is 6.95. The molecule has 204 valence electrons. The number of nitrogens with zero attached hydrogens (tertiary/aromatic N) is 3. The van der Waals surface area contributed by atoms with E-state index >= 15 is 0 Å². The molecular weight excluding hydrogens is 521 g/mol. The lowest BCUT2D eigenvalue weighted by molar-refractivity contribution is -0.132. The van der Waals surface area contributed by atoms with Gasteiger partial charge in [0.05, 0.1) is 35.9 Å². The molecule has 3 aliphatic rings. The third kappa shape index (κ3) is 5.52. The quantitative estimate of drug-likeness (QED) is 0.512. The lowest BCUT2D eigenvalue weighted by atomic mass is 9.87. The summed E-state index contributed by atoms with van der Waals surface area (Å²) in [4.78, 5) is 25.1. The highest BCUT2D eigenvalue weighted by molar-refractivity contribution is 7.47. The van der Waals surface area contributed by atoms with Gasteiger partial charge < -0.3 is 19.3 Å². The number of amides is 1. The average molecular weight is 552 g/mol. The molecule has 2 aromatic carbocycles. The Labute approximate surface area is 227 Å². The van der Waals surface area contributed by atoms with Crippen LogP contribution < -0.4 is 9.47 Å². The molecule has 0 aromatic heterocycles. The highest BCUT2D eigenvalue weighted by Crippen LogP contribution is 2.51. The Morgan fingerprint density at radius 2 is 1.79 bits per heavy atom. The van der Waals surface area contributed by atoms with Crippen LogP contribution in [0.4, 0.5) is 0 Å². The van der Waals surface area contributed by atoms with Crippen LogP contribution in [0.25, 0.3) is 0 Å². The van der Waals surface area contributed by atoms with Gasteiger partial charge >= 0.3 is 7.82 Å². The predicted molar refractivity (Wildman–Crippen MR) is 139 cm³/mol. The van der Waals surface area contributed by atoms with Crippen LogP contribution in [-0.4, -0.2) is 46.2 Å². The molecule has 4 atom stereocenters. The monoisotopic (exact) mass is 551 g/mol. The number of carbonyl (C=O) groups excluding carboxylic acids is 1. The third-order valence-corrected chi connectivity index (χ3v) is 8.48. The molecule has 5 rings (SSSR count). The summed E-state index contributed by atoms with van der Waals surface area (Å²) in [5.74, 6) is 1.11. The van der Waals surface area contributed by atoms with Crippen molar-refractivity contribution < 1.29 is 32.8 Å². The van der Waals surface area contributed by atoms with Crippen LogP contribution in [0, 0.1) is 22.7 Å². The van der Waals surface area contributed by atoms with Crippen LogP contribution in [0.5, 0.6) is 11.5 Å². The molecule has 0 saturated carbocycles. The highest BCUT2D eigenvalue weighted by Gasteiger charge is 2.46. The van der Waals surface area contributed by atoms with E-state index in [1.54, 1.807) is 62.1 Å². The second-order valence-electron chi connectivity index (χ2n) is 11.0. The van der Waals surface area contributed by atoms with Gasteiger partial charge in [-0.3, -0.25) is 13.8 Å². The molecule has 11 heteroatoms. The minimum Gasteiger partial charge on any atom is -0.485 e. The Bertz CT molecular complexity index is 1450. The fourth-order valence-electron chi connectivity index (χ4n) is 5.44. The molecule has 1 amide bonds. The summed E-state index contributed by atoms with van der Waals surface area (Å²) in [5, 5.41) is 18.6. The summed E-state index contributed by atoms with van der Waals surface area (Å²) in [6, 6.07) is 13.9. The summed E-state index contributed by atoms with van der Waals surface area (Å²) in [6.45, 7) is 5.59. The second-order valence-corrected chi connectivity index (χ2v) is 12.4. The number of hydrogen-bond acceptors (Lipinski definition) is 8. The van der Waals surface area contributed by atoms with E-state index in [1.807, 2.05) is 0 Å². The van der Waals surface area contributed by atoms with E-state index in [0.29, 0.717) is 47.6 Å². The van der Waals surface area contributed by atoms with Crippen molar-refractivity contribution >= 4 is 13.7 Å². The number of hydrogen-bond donors (Lipinski definition) is 1. The van der Waals surface area contributed by atoms with Gasteiger partial charge in [0, 0.05) is 31.4 Å². The molecule has 0 radical (unpaired) electrons. The SMILES string of the molecule is CC1(COP(=O)(O)O[C@@H]2Cc3cc(C#N)ccc3OC2(C)C)C[C@H](N2CCCC2=O)c2cc(C#N)ccc2O1. The van der Waals surface area contributed by atoms with Crippen molar-refractivity contribution in [2.45, 2.75) is 69.8 Å². The number of rotatable bonds is 6. The maximum atomic E-state index is 13.2. The molecule has 0 spiro atoms. The second kappa shape index (κ2) is 9.97.